The molecule has 0 aliphatic rings. The average Bonchev–Trinajstić information content (AvgIpc) is 2.76. The minimum Gasteiger partial charge on any atom is -0.357 e. The molecule has 7 heteroatoms. The molecule has 2 N–H and O–H groups in total. The Morgan fingerprint density at radius 1 is 1.15 bits per heavy atom. The van der Waals surface area contributed by atoms with Crippen LogP contribution in [0.3, 0.4) is 0 Å². The predicted molar refractivity (Wildman–Crippen MR) is 123 cm³/mol. The normalized spacial score (nSPS) is 12.0. The molecule has 0 aliphatic carbocycles. The van der Waals surface area contributed by atoms with Crippen LogP contribution in [0.15, 0.2) is 4.99 Å². The number of aryl methyl sites for hydroxylation is 2. The average molecular weight is 478 g/mol. The fourth-order valence-electron chi connectivity index (χ4n) is 3.13. The smallest absolute Gasteiger partial charge is 0.191 e. The Balaban J connectivity index is 0.00000625. The largest absolute Gasteiger partial charge is 0.357 e. The first-order chi connectivity index (χ1) is 11.8. The van der Waals surface area contributed by atoms with Crippen molar-refractivity contribution in [3.8, 4) is 0 Å². The zero-order valence-electron chi connectivity index (χ0n) is 17.9. The van der Waals surface area contributed by atoms with Crippen LogP contribution in [0, 0.1) is 13.8 Å². The van der Waals surface area contributed by atoms with Crippen LogP contribution in [-0.4, -0.2) is 52.4 Å². The molecule has 6 nitrogen and oxygen atoms in total. The van der Waals surface area contributed by atoms with Gasteiger partial charge in [0.2, 0.25) is 0 Å². The lowest BCUT2D eigenvalue weighted by Crippen LogP contribution is -2.41. The van der Waals surface area contributed by atoms with Gasteiger partial charge in [-0.15, -0.1) is 24.0 Å². The maximum Gasteiger partial charge on any atom is 0.191 e. The highest BCUT2D eigenvalue weighted by Gasteiger charge is 2.12. The molecule has 0 amide bonds. The SMILES string of the molecule is CCNC(=NCc1c(C)nn(C)c1C)NCCCN(C(C)C)C(C)C.I. The number of hydrogen-bond donors (Lipinski definition) is 2. The molecule has 1 aromatic heterocycles. The van der Waals surface area contributed by atoms with Gasteiger partial charge in [-0.05, 0) is 54.9 Å². The molecule has 0 aromatic carbocycles. The summed E-state index contributed by atoms with van der Waals surface area (Å²) in [6.07, 6.45) is 1.10. The van der Waals surface area contributed by atoms with E-state index in [-0.39, 0.29) is 24.0 Å². The number of halogens is 1. The number of guanidine groups is 1. The summed E-state index contributed by atoms with van der Waals surface area (Å²) in [5.74, 6) is 0.880. The second-order valence-electron chi connectivity index (χ2n) is 7.17. The third-order valence-corrected chi connectivity index (χ3v) is 4.61. The molecule has 1 rings (SSSR count). The molecule has 0 fully saturated rings. The van der Waals surface area contributed by atoms with Gasteiger partial charge >= 0.3 is 0 Å². The quantitative estimate of drug-likeness (QED) is 0.248. The highest BCUT2D eigenvalue weighted by atomic mass is 127. The van der Waals surface area contributed by atoms with E-state index in [4.69, 9.17) is 4.99 Å². The Morgan fingerprint density at radius 2 is 1.77 bits per heavy atom. The van der Waals surface area contributed by atoms with Crippen LogP contribution in [-0.2, 0) is 13.6 Å². The molecule has 0 saturated heterocycles. The lowest BCUT2D eigenvalue weighted by molar-refractivity contribution is 0.173. The lowest BCUT2D eigenvalue weighted by Gasteiger charge is -2.30. The van der Waals surface area contributed by atoms with E-state index in [1.54, 1.807) is 0 Å². The number of aromatic nitrogens is 2. The zero-order chi connectivity index (χ0) is 19.0. The fraction of sp³-hybridized carbons (Fsp3) is 0.789. The van der Waals surface area contributed by atoms with Gasteiger partial charge < -0.3 is 10.6 Å². The summed E-state index contributed by atoms with van der Waals surface area (Å²) in [6.45, 7) is 18.8. The minimum atomic E-state index is 0. The van der Waals surface area contributed by atoms with E-state index in [1.807, 2.05) is 18.7 Å². The highest BCUT2D eigenvalue weighted by Crippen LogP contribution is 2.12. The molecule has 0 spiro atoms. The molecule has 0 saturated carbocycles. The Labute approximate surface area is 177 Å². The number of nitrogens with zero attached hydrogens (tertiary/aromatic N) is 4. The van der Waals surface area contributed by atoms with Gasteiger partial charge in [0.1, 0.15) is 0 Å². The molecular formula is C19H39IN6. The maximum absolute atomic E-state index is 4.73. The third kappa shape index (κ3) is 7.82. The number of nitrogens with one attached hydrogen (secondary N) is 2. The summed E-state index contributed by atoms with van der Waals surface area (Å²) in [5, 5.41) is 11.2. The van der Waals surface area contributed by atoms with Crippen molar-refractivity contribution in [3.63, 3.8) is 0 Å². The molecule has 0 unspecified atom stereocenters. The van der Waals surface area contributed by atoms with Crippen LogP contribution in [0.25, 0.3) is 0 Å². The van der Waals surface area contributed by atoms with Crippen molar-refractivity contribution in [1.82, 2.24) is 25.3 Å². The minimum absolute atomic E-state index is 0. The number of aliphatic imine (C=N–C) groups is 1. The monoisotopic (exact) mass is 478 g/mol. The highest BCUT2D eigenvalue weighted by molar-refractivity contribution is 14.0. The van der Waals surface area contributed by atoms with E-state index in [0.717, 1.165) is 37.7 Å². The van der Waals surface area contributed by atoms with Gasteiger partial charge in [0.25, 0.3) is 0 Å². The van der Waals surface area contributed by atoms with Crippen molar-refractivity contribution in [2.24, 2.45) is 12.0 Å². The lowest BCUT2D eigenvalue weighted by atomic mass is 10.2. The summed E-state index contributed by atoms with van der Waals surface area (Å²) in [7, 11) is 1.98. The Bertz CT molecular complexity index is 542. The van der Waals surface area contributed by atoms with Crippen LogP contribution < -0.4 is 10.6 Å². The molecule has 0 atom stereocenters. The standard InChI is InChI=1S/C19H38N6.HI/c1-9-20-19(21-11-10-12-25(14(2)3)15(4)5)22-13-18-16(6)23-24(8)17(18)7;/h14-15H,9-13H2,1-8H3,(H2,20,21,22);1H. The van der Waals surface area contributed by atoms with Gasteiger partial charge in [0.15, 0.2) is 5.96 Å². The van der Waals surface area contributed by atoms with E-state index in [2.05, 4.69) is 62.2 Å². The summed E-state index contributed by atoms with van der Waals surface area (Å²) in [5.41, 5.74) is 3.45. The van der Waals surface area contributed by atoms with Gasteiger partial charge in [-0.2, -0.15) is 5.10 Å². The van der Waals surface area contributed by atoms with E-state index in [9.17, 15) is 0 Å². The fourth-order valence-corrected chi connectivity index (χ4v) is 3.13. The molecular weight excluding hydrogens is 439 g/mol. The topological polar surface area (TPSA) is 57.5 Å². The van der Waals surface area contributed by atoms with Gasteiger partial charge in [-0.1, -0.05) is 0 Å². The van der Waals surface area contributed by atoms with Crippen molar-refractivity contribution >= 4 is 29.9 Å². The molecule has 152 valence electrons. The van der Waals surface area contributed by atoms with Gasteiger partial charge in [-0.25, -0.2) is 4.99 Å². The van der Waals surface area contributed by atoms with Crippen LogP contribution in [0.2, 0.25) is 0 Å². The summed E-state index contributed by atoms with van der Waals surface area (Å²) in [6, 6.07) is 1.16. The Kier molecular flexibility index (Phi) is 12.1. The Morgan fingerprint density at radius 3 is 2.23 bits per heavy atom. The third-order valence-electron chi connectivity index (χ3n) is 4.61. The van der Waals surface area contributed by atoms with Crippen molar-refractivity contribution in [1.29, 1.82) is 0 Å². The van der Waals surface area contributed by atoms with Crippen molar-refractivity contribution in [2.75, 3.05) is 19.6 Å². The van der Waals surface area contributed by atoms with Gasteiger partial charge in [0.05, 0.1) is 12.2 Å². The van der Waals surface area contributed by atoms with Gasteiger partial charge in [0, 0.05) is 50.0 Å². The van der Waals surface area contributed by atoms with Crippen LogP contribution in [0.1, 0.15) is 58.0 Å². The van der Waals surface area contributed by atoms with Gasteiger partial charge in [-0.3, -0.25) is 9.58 Å². The molecule has 1 heterocycles. The molecule has 0 radical (unpaired) electrons. The van der Waals surface area contributed by atoms with E-state index < -0.39 is 0 Å². The molecule has 1 aromatic rings. The summed E-state index contributed by atoms with van der Waals surface area (Å²) in [4.78, 5) is 7.26. The first-order valence-electron chi connectivity index (χ1n) is 9.54. The van der Waals surface area contributed by atoms with Crippen molar-refractivity contribution in [3.05, 3.63) is 17.0 Å². The summed E-state index contributed by atoms with van der Waals surface area (Å²) >= 11 is 0. The maximum atomic E-state index is 4.73. The van der Waals surface area contributed by atoms with Crippen LogP contribution >= 0.6 is 24.0 Å². The van der Waals surface area contributed by atoms with Crippen molar-refractivity contribution in [2.45, 2.75) is 73.5 Å². The number of rotatable bonds is 9. The molecule has 0 bridgehead atoms. The zero-order valence-corrected chi connectivity index (χ0v) is 20.2. The predicted octanol–water partition coefficient (Wildman–Crippen LogP) is 3.22. The molecule has 26 heavy (non-hydrogen) atoms. The van der Waals surface area contributed by atoms with E-state index in [1.165, 1.54) is 11.3 Å². The van der Waals surface area contributed by atoms with E-state index >= 15 is 0 Å². The van der Waals surface area contributed by atoms with E-state index in [0.29, 0.717) is 18.6 Å². The molecule has 0 aliphatic heterocycles. The Hall–Kier alpha value is -0.830. The second-order valence-corrected chi connectivity index (χ2v) is 7.17. The van der Waals surface area contributed by atoms with Crippen LogP contribution in [0.4, 0.5) is 0 Å². The summed E-state index contributed by atoms with van der Waals surface area (Å²) < 4.78 is 1.92. The second kappa shape index (κ2) is 12.5. The first-order valence-corrected chi connectivity index (χ1v) is 9.54. The van der Waals surface area contributed by atoms with Crippen LogP contribution in [0.5, 0.6) is 0 Å². The number of hydrogen-bond acceptors (Lipinski definition) is 3. The first kappa shape index (κ1) is 25.2. The van der Waals surface area contributed by atoms with Crippen molar-refractivity contribution < 1.29 is 0 Å².